The highest BCUT2D eigenvalue weighted by molar-refractivity contribution is 5.95. The number of rotatable bonds is 4. The molecule has 0 unspecified atom stereocenters. The summed E-state index contributed by atoms with van der Waals surface area (Å²) in [6, 6.07) is 8.80. The zero-order valence-corrected chi connectivity index (χ0v) is 14.4. The number of Topliss-reactive ketones (excluding diaryl/α,β-unsaturated/α-hetero) is 1. The topological polar surface area (TPSA) is 78.4 Å². The van der Waals surface area contributed by atoms with Crippen molar-refractivity contribution in [2.75, 3.05) is 38.5 Å². The Bertz CT molecular complexity index is 785. The first-order valence-corrected chi connectivity index (χ1v) is 8.21. The van der Waals surface area contributed by atoms with Gasteiger partial charge in [0, 0.05) is 43.5 Å². The second kappa shape index (κ2) is 7.40. The van der Waals surface area contributed by atoms with Gasteiger partial charge in [-0.3, -0.25) is 9.59 Å². The maximum Gasteiger partial charge on any atom is 0.272 e. The zero-order chi connectivity index (χ0) is 17.8. The van der Waals surface area contributed by atoms with E-state index in [1.54, 1.807) is 24.3 Å². The molecule has 3 rings (SSSR count). The van der Waals surface area contributed by atoms with E-state index < -0.39 is 0 Å². The van der Waals surface area contributed by atoms with Gasteiger partial charge in [-0.05, 0) is 26.1 Å². The van der Waals surface area contributed by atoms with Crippen LogP contribution >= 0.6 is 0 Å². The molecule has 1 fully saturated rings. The van der Waals surface area contributed by atoms with Crippen LogP contribution in [0.3, 0.4) is 0 Å². The van der Waals surface area contributed by atoms with Crippen LogP contribution < -0.4 is 5.32 Å². The molecule has 1 aromatic heterocycles. The number of anilines is 2. The molecule has 1 amide bonds. The normalized spacial score (nSPS) is 15.0. The van der Waals surface area contributed by atoms with Crippen molar-refractivity contribution in [3.63, 3.8) is 0 Å². The van der Waals surface area contributed by atoms with Gasteiger partial charge in [-0.2, -0.15) is 0 Å². The van der Waals surface area contributed by atoms with Gasteiger partial charge < -0.3 is 15.1 Å². The maximum atomic E-state index is 12.6. The minimum atomic E-state index is -0.0870. The molecule has 25 heavy (non-hydrogen) atoms. The van der Waals surface area contributed by atoms with Crippen LogP contribution in [0.5, 0.6) is 0 Å². The second-order valence-electron chi connectivity index (χ2n) is 6.15. The van der Waals surface area contributed by atoms with Gasteiger partial charge in [0.25, 0.3) is 5.91 Å². The van der Waals surface area contributed by atoms with Crippen LogP contribution in [-0.2, 0) is 0 Å². The number of likely N-dealkylation sites (N-methyl/N-ethyl adjacent to an activating group) is 1. The van der Waals surface area contributed by atoms with E-state index >= 15 is 0 Å². The third kappa shape index (κ3) is 4.19. The third-order valence-electron chi connectivity index (χ3n) is 4.22. The fraction of sp³-hybridized carbons (Fsp3) is 0.333. The Morgan fingerprint density at radius 3 is 2.56 bits per heavy atom. The molecule has 1 saturated heterocycles. The molecule has 1 aliphatic rings. The van der Waals surface area contributed by atoms with Gasteiger partial charge in [-0.15, -0.1) is 0 Å². The number of hydrogen-bond donors (Lipinski definition) is 1. The fourth-order valence-corrected chi connectivity index (χ4v) is 2.68. The van der Waals surface area contributed by atoms with Gasteiger partial charge in [0.05, 0.1) is 0 Å². The molecule has 7 heteroatoms. The summed E-state index contributed by atoms with van der Waals surface area (Å²) in [4.78, 5) is 36.4. The highest BCUT2D eigenvalue weighted by atomic mass is 16.2. The highest BCUT2D eigenvalue weighted by Crippen LogP contribution is 2.17. The molecule has 0 spiro atoms. The largest absolute Gasteiger partial charge is 0.340 e. The highest BCUT2D eigenvalue weighted by Gasteiger charge is 2.21. The number of nitrogens with one attached hydrogen (secondary N) is 1. The fourth-order valence-electron chi connectivity index (χ4n) is 2.68. The SMILES string of the molecule is CC(=O)c1cccc(Nc2cc(C(=O)N3CCN(C)CC3)ncn2)c1. The van der Waals surface area contributed by atoms with Crippen LogP contribution in [0.1, 0.15) is 27.8 Å². The summed E-state index contributed by atoms with van der Waals surface area (Å²) in [6.45, 7) is 4.64. The minimum Gasteiger partial charge on any atom is -0.340 e. The van der Waals surface area contributed by atoms with Crippen molar-refractivity contribution in [1.29, 1.82) is 0 Å². The number of amides is 1. The van der Waals surface area contributed by atoms with Crippen molar-refractivity contribution in [1.82, 2.24) is 19.8 Å². The Morgan fingerprint density at radius 2 is 1.84 bits per heavy atom. The number of carbonyl (C=O) groups excluding carboxylic acids is 2. The minimum absolute atomic E-state index is 0.00253. The van der Waals surface area contributed by atoms with Crippen LogP contribution in [0.25, 0.3) is 0 Å². The van der Waals surface area contributed by atoms with E-state index in [4.69, 9.17) is 0 Å². The summed E-state index contributed by atoms with van der Waals surface area (Å²) in [5.41, 5.74) is 1.72. The monoisotopic (exact) mass is 339 g/mol. The Labute approximate surface area is 146 Å². The lowest BCUT2D eigenvalue weighted by Crippen LogP contribution is -2.47. The van der Waals surface area contributed by atoms with E-state index in [0.717, 1.165) is 18.8 Å². The van der Waals surface area contributed by atoms with Crippen molar-refractivity contribution in [2.24, 2.45) is 0 Å². The first-order chi connectivity index (χ1) is 12.0. The van der Waals surface area contributed by atoms with E-state index in [0.29, 0.717) is 30.2 Å². The third-order valence-corrected chi connectivity index (χ3v) is 4.22. The summed E-state index contributed by atoms with van der Waals surface area (Å²) < 4.78 is 0. The summed E-state index contributed by atoms with van der Waals surface area (Å²) in [6.07, 6.45) is 1.38. The number of benzene rings is 1. The summed E-state index contributed by atoms with van der Waals surface area (Å²) in [7, 11) is 2.05. The van der Waals surface area contributed by atoms with Crippen molar-refractivity contribution in [2.45, 2.75) is 6.92 Å². The molecule has 0 aliphatic carbocycles. The summed E-state index contributed by atoms with van der Waals surface area (Å²) in [5, 5.41) is 3.12. The smallest absolute Gasteiger partial charge is 0.272 e. The molecule has 0 bridgehead atoms. The van der Waals surface area contributed by atoms with Gasteiger partial charge in [-0.1, -0.05) is 12.1 Å². The van der Waals surface area contributed by atoms with Crippen LogP contribution in [-0.4, -0.2) is 64.7 Å². The first-order valence-electron chi connectivity index (χ1n) is 8.21. The molecule has 0 radical (unpaired) electrons. The van der Waals surface area contributed by atoms with E-state index in [2.05, 4.69) is 20.2 Å². The molecular weight excluding hydrogens is 318 g/mol. The van der Waals surface area contributed by atoms with Gasteiger partial charge in [0.15, 0.2) is 5.78 Å². The predicted octanol–water partition coefficient (Wildman–Crippen LogP) is 1.81. The van der Waals surface area contributed by atoms with Crippen molar-refractivity contribution >= 4 is 23.2 Å². The van der Waals surface area contributed by atoms with E-state index in [1.165, 1.54) is 13.3 Å². The molecule has 2 heterocycles. The lowest BCUT2D eigenvalue weighted by molar-refractivity contribution is 0.0658. The van der Waals surface area contributed by atoms with Crippen molar-refractivity contribution in [3.05, 3.63) is 47.9 Å². The molecule has 130 valence electrons. The van der Waals surface area contributed by atoms with E-state index in [-0.39, 0.29) is 11.7 Å². The van der Waals surface area contributed by atoms with Gasteiger partial charge in [0.1, 0.15) is 17.8 Å². The zero-order valence-electron chi connectivity index (χ0n) is 14.4. The van der Waals surface area contributed by atoms with Gasteiger partial charge >= 0.3 is 0 Å². The Kier molecular flexibility index (Phi) is 5.04. The summed E-state index contributed by atoms with van der Waals surface area (Å²) >= 11 is 0. The van der Waals surface area contributed by atoms with Crippen LogP contribution in [0.4, 0.5) is 11.5 Å². The van der Waals surface area contributed by atoms with E-state index in [1.807, 2.05) is 18.0 Å². The van der Waals surface area contributed by atoms with Gasteiger partial charge in [0.2, 0.25) is 0 Å². The number of hydrogen-bond acceptors (Lipinski definition) is 6. The van der Waals surface area contributed by atoms with Crippen LogP contribution in [0, 0.1) is 0 Å². The number of carbonyl (C=O) groups is 2. The maximum absolute atomic E-state index is 12.6. The molecule has 2 aromatic rings. The second-order valence-corrected chi connectivity index (χ2v) is 6.15. The summed E-state index contributed by atoms with van der Waals surface area (Å²) in [5.74, 6) is 0.432. The molecule has 0 atom stereocenters. The van der Waals surface area contributed by atoms with Gasteiger partial charge in [-0.25, -0.2) is 9.97 Å². The quantitative estimate of drug-likeness (QED) is 0.856. The van der Waals surface area contributed by atoms with Crippen LogP contribution in [0.15, 0.2) is 36.7 Å². The standard InChI is InChI=1S/C18H21N5O2/c1-13(24)14-4-3-5-15(10-14)21-17-11-16(19-12-20-17)18(25)23-8-6-22(2)7-9-23/h3-5,10-12H,6-9H2,1-2H3,(H,19,20,21). The number of piperazine rings is 1. The van der Waals surface area contributed by atoms with Crippen LogP contribution in [0.2, 0.25) is 0 Å². The lowest BCUT2D eigenvalue weighted by atomic mass is 10.1. The molecular formula is C18H21N5O2. The van der Waals surface area contributed by atoms with Crippen molar-refractivity contribution in [3.8, 4) is 0 Å². The average Bonchev–Trinajstić information content (AvgIpc) is 2.62. The number of ketones is 1. The molecule has 1 aromatic carbocycles. The number of nitrogens with zero attached hydrogens (tertiary/aromatic N) is 4. The van der Waals surface area contributed by atoms with Crippen molar-refractivity contribution < 1.29 is 9.59 Å². The molecule has 1 N–H and O–H groups in total. The Hall–Kier alpha value is -2.80. The predicted molar refractivity (Wildman–Crippen MR) is 95.2 cm³/mol. The number of aromatic nitrogens is 2. The first kappa shape index (κ1) is 17.0. The Balaban J connectivity index is 1.74. The molecule has 1 aliphatic heterocycles. The lowest BCUT2D eigenvalue weighted by Gasteiger charge is -2.32. The average molecular weight is 339 g/mol. The Morgan fingerprint density at radius 1 is 1.08 bits per heavy atom. The van der Waals surface area contributed by atoms with E-state index in [9.17, 15) is 9.59 Å². The molecule has 7 nitrogen and oxygen atoms in total. The molecule has 0 saturated carbocycles.